The van der Waals surface area contributed by atoms with Crippen molar-refractivity contribution in [3.63, 3.8) is 0 Å². The van der Waals surface area contributed by atoms with Crippen LogP contribution in [-0.2, 0) is 0 Å². The SMILES string of the molecule is Cc1ccc2oc3c(-c4ccccc4-c4ccc5c6ccccc6c6ccccc6c5n4)cc(C)cc3c2c1. The maximum atomic E-state index is 6.49. The Morgan fingerprint density at radius 2 is 1.08 bits per heavy atom. The standard InChI is InChI=1S/C37H25NO/c1-22-15-18-35-31(19-22)33-21-23(2)20-32(37(33)39-35)27-12-5-7-13-28(27)34-17-16-30-26-11-4-3-9-24(26)25-10-6-8-14-29(25)36(30)38-34/h3-21H,1-2H3. The van der Waals surface area contributed by atoms with Crippen molar-refractivity contribution >= 4 is 54.4 Å². The van der Waals surface area contributed by atoms with Gasteiger partial charge in [-0.1, -0.05) is 84.4 Å². The van der Waals surface area contributed by atoms with Gasteiger partial charge in [-0.3, -0.25) is 0 Å². The third kappa shape index (κ3) is 3.31. The van der Waals surface area contributed by atoms with Crippen LogP contribution in [0.4, 0.5) is 0 Å². The van der Waals surface area contributed by atoms with Gasteiger partial charge in [0.05, 0.1) is 11.2 Å². The molecule has 184 valence electrons. The number of aryl methyl sites for hydroxylation is 2. The van der Waals surface area contributed by atoms with E-state index >= 15 is 0 Å². The summed E-state index contributed by atoms with van der Waals surface area (Å²) in [6.45, 7) is 4.29. The number of fused-ring (bicyclic) bond motifs is 9. The smallest absolute Gasteiger partial charge is 0.143 e. The summed E-state index contributed by atoms with van der Waals surface area (Å²) in [5, 5.41) is 8.40. The van der Waals surface area contributed by atoms with Crippen molar-refractivity contribution in [1.29, 1.82) is 0 Å². The van der Waals surface area contributed by atoms with Crippen LogP contribution in [0.1, 0.15) is 11.1 Å². The van der Waals surface area contributed by atoms with Crippen molar-refractivity contribution in [2.24, 2.45) is 0 Å². The van der Waals surface area contributed by atoms with Gasteiger partial charge in [-0.05, 0) is 77.5 Å². The highest BCUT2D eigenvalue weighted by molar-refractivity contribution is 6.24. The number of hydrogen-bond donors (Lipinski definition) is 0. The van der Waals surface area contributed by atoms with Gasteiger partial charge >= 0.3 is 0 Å². The van der Waals surface area contributed by atoms with E-state index in [9.17, 15) is 0 Å². The van der Waals surface area contributed by atoms with Crippen LogP contribution in [0, 0.1) is 13.8 Å². The lowest BCUT2D eigenvalue weighted by Crippen LogP contribution is -1.92. The Labute approximate surface area is 226 Å². The van der Waals surface area contributed by atoms with E-state index in [1.165, 1.54) is 38.1 Å². The molecule has 8 aromatic rings. The second-order valence-corrected chi connectivity index (χ2v) is 10.5. The zero-order valence-electron chi connectivity index (χ0n) is 21.8. The molecule has 8 rings (SSSR count). The Bertz CT molecular complexity index is 2220. The average molecular weight is 500 g/mol. The largest absolute Gasteiger partial charge is 0.455 e. The van der Waals surface area contributed by atoms with Gasteiger partial charge in [0.25, 0.3) is 0 Å². The second kappa shape index (κ2) is 8.28. The molecule has 0 fully saturated rings. The molecule has 39 heavy (non-hydrogen) atoms. The van der Waals surface area contributed by atoms with Crippen LogP contribution in [0.2, 0.25) is 0 Å². The van der Waals surface area contributed by atoms with E-state index in [0.29, 0.717) is 0 Å². The molecule has 0 unspecified atom stereocenters. The molecule has 0 bridgehead atoms. The van der Waals surface area contributed by atoms with Crippen molar-refractivity contribution in [2.45, 2.75) is 13.8 Å². The van der Waals surface area contributed by atoms with E-state index in [0.717, 1.165) is 49.8 Å². The molecule has 0 N–H and O–H groups in total. The zero-order valence-corrected chi connectivity index (χ0v) is 21.8. The van der Waals surface area contributed by atoms with E-state index in [1.807, 2.05) is 0 Å². The highest BCUT2D eigenvalue weighted by atomic mass is 16.3. The monoisotopic (exact) mass is 499 g/mol. The Balaban J connectivity index is 1.42. The fourth-order valence-corrected chi connectivity index (χ4v) is 6.19. The summed E-state index contributed by atoms with van der Waals surface area (Å²) < 4.78 is 6.49. The van der Waals surface area contributed by atoms with Gasteiger partial charge in [-0.25, -0.2) is 4.98 Å². The summed E-state index contributed by atoms with van der Waals surface area (Å²) in [7, 11) is 0. The fourth-order valence-electron chi connectivity index (χ4n) is 6.19. The van der Waals surface area contributed by atoms with Crippen molar-refractivity contribution in [1.82, 2.24) is 4.98 Å². The highest BCUT2D eigenvalue weighted by Crippen LogP contribution is 2.41. The number of furan rings is 1. The summed E-state index contributed by atoms with van der Waals surface area (Å²) in [4.78, 5) is 5.34. The quantitative estimate of drug-likeness (QED) is 0.221. The molecule has 0 radical (unpaired) electrons. The highest BCUT2D eigenvalue weighted by Gasteiger charge is 2.18. The second-order valence-electron chi connectivity index (χ2n) is 10.5. The number of hydrogen-bond acceptors (Lipinski definition) is 2. The molecule has 0 amide bonds. The summed E-state index contributed by atoms with van der Waals surface area (Å²) >= 11 is 0. The first-order valence-electron chi connectivity index (χ1n) is 13.4. The lowest BCUT2D eigenvalue weighted by molar-refractivity contribution is 0.670. The molecule has 0 aliphatic carbocycles. The van der Waals surface area contributed by atoms with Crippen LogP contribution in [-0.4, -0.2) is 4.98 Å². The average Bonchev–Trinajstić information content (AvgIpc) is 3.34. The number of pyridine rings is 1. The van der Waals surface area contributed by atoms with Crippen molar-refractivity contribution in [3.8, 4) is 22.4 Å². The number of aromatic nitrogens is 1. The summed E-state index contributed by atoms with van der Waals surface area (Å²) in [6.07, 6.45) is 0. The zero-order chi connectivity index (χ0) is 26.1. The van der Waals surface area contributed by atoms with Crippen molar-refractivity contribution < 1.29 is 4.42 Å². The van der Waals surface area contributed by atoms with Gasteiger partial charge in [0, 0.05) is 32.7 Å². The predicted molar refractivity (Wildman–Crippen MR) is 164 cm³/mol. The molecule has 2 nitrogen and oxygen atoms in total. The van der Waals surface area contributed by atoms with E-state index in [2.05, 4.69) is 129 Å². The third-order valence-corrected chi connectivity index (χ3v) is 7.95. The molecule has 0 saturated heterocycles. The first-order valence-corrected chi connectivity index (χ1v) is 13.4. The Morgan fingerprint density at radius 3 is 1.85 bits per heavy atom. The molecule has 0 saturated carbocycles. The Morgan fingerprint density at radius 1 is 0.462 bits per heavy atom. The van der Waals surface area contributed by atoms with Crippen LogP contribution >= 0.6 is 0 Å². The van der Waals surface area contributed by atoms with Crippen LogP contribution in [0.3, 0.4) is 0 Å². The maximum absolute atomic E-state index is 6.49. The summed E-state index contributed by atoms with van der Waals surface area (Å²) in [5.41, 5.74) is 9.59. The fraction of sp³-hybridized carbons (Fsp3) is 0.0541. The molecule has 0 spiro atoms. The van der Waals surface area contributed by atoms with Gasteiger partial charge in [-0.2, -0.15) is 0 Å². The Kier molecular flexibility index (Phi) is 4.68. The first-order chi connectivity index (χ1) is 19.2. The molecule has 0 aliphatic rings. The normalized spacial score (nSPS) is 11.8. The van der Waals surface area contributed by atoms with Gasteiger partial charge in [-0.15, -0.1) is 0 Å². The van der Waals surface area contributed by atoms with Crippen molar-refractivity contribution in [2.75, 3.05) is 0 Å². The predicted octanol–water partition coefficient (Wildman–Crippen LogP) is 10.4. The summed E-state index contributed by atoms with van der Waals surface area (Å²) in [5.74, 6) is 0. The molecular formula is C37H25NO. The van der Waals surface area contributed by atoms with Gasteiger partial charge in [0.15, 0.2) is 0 Å². The molecule has 0 atom stereocenters. The van der Waals surface area contributed by atoms with Gasteiger partial charge in [0.1, 0.15) is 11.2 Å². The first kappa shape index (κ1) is 22.1. The minimum absolute atomic E-state index is 0.919. The molecule has 2 heterocycles. The topological polar surface area (TPSA) is 26.0 Å². The number of rotatable bonds is 2. The van der Waals surface area contributed by atoms with Gasteiger partial charge in [0.2, 0.25) is 0 Å². The van der Waals surface area contributed by atoms with Crippen LogP contribution in [0.5, 0.6) is 0 Å². The van der Waals surface area contributed by atoms with Crippen LogP contribution < -0.4 is 0 Å². The molecule has 2 aromatic heterocycles. The van der Waals surface area contributed by atoms with E-state index in [4.69, 9.17) is 9.40 Å². The summed E-state index contributed by atoms with van der Waals surface area (Å²) in [6, 6.07) is 41.1. The lowest BCUT2D eigenvalue weighted by Gasteiger charge is -2.14. The molecule has 0 aliphatic heterocycles. The maximum Gasteiger partial charge on any atom is 0.143 e. The number of benzene rings is 6. The van der Waals surface area contributed by atoms with E-state index in [1.54, 1.807) is 0 Å². The molecule has 6 aromatic carbocycles. The minimum Gasteiger partial charge on any atom is -0.455 e. The number of nitrogens with zero attached hydrogens (tertiary/aromatic N) is 1. The van der Waals surface area contributed by atoms with E-state index < -0.39 is 0 Å². The van der Waals surface area contributed by atoms with E-state index in [-0.39, 0.29) is 0 Å². The Hall–Kier alpha value is -4.95. The molecule has 2 heteroatoms. The molecular weight excluding hydrogens is 474 g/mol. The van der Waals surface area contributed by atoms with Gasteiger partial charge < -0.3 is 4.42 Å². The lowest BCUT2D eigenvalue weighted by atomic mass is 9.93. The minimum atomic E-state index is 0.919. The van der Waals surface area contributed by atoms with Crippen LogP contribution in [0.25, 0.3) is 76.8 Å². The third-order valence-electron chi connectivity index (χ3n) is 7.95. The van der Waals surface area contributed by atoms with Crippen molar-refractivity contribution in [3.05, 3.63) is 126 Å². The van der Waals surface area contributed by atoms with Crippen LogP contribution in [0.15, 0.2) is 120 Å².